The Kier molecular flexibility index (Phi) is 9.08. The second-order valence-electron chi connectivity index (χ2n) is 9.16. The van der Waals surface area contributed by atoms with Crippen LogP contribution in [0.3, 0.4) is 0 Å². The lowest BCUT2D eigenvalue weighted by Gasteiger charge is -2.26. The lowest BCUT2D eigenvalue weighted by molar-refractivity contribution is -0.114. The van der Waals surface area contributed by atoms with Crippen LogP contribution in [0.2, 0.25) is 0 Å². The van der Waals surface area contributed by atoms with Gasteiger partial charge in [0.25, 0.3) is 15.9 Å². The Morgan fingerprint density at radius 1 is 0.872 bits per heavy atom. The number of carbonyl (C=O) groups excluding carboxylic acids is 2. The first-order valence-corrected chi connectivity index (χ1v) is 14.3. The summed E-state index contributed by atoms with van der Waals surface area (Å²) in [5, 5.41) is 2.77. The van der Waals surface area contributed by atoms with Gasteiger partial charge in [0, 0.05) is 19.2 Å². The van der Waals surface area contributed by atoms with Gasteiger partial charge in [0.15, 0.2) is 0 Å². The molecule has 10 heteroatoms. The smallest absolute Gasteiger partial charge is 0.264 e. The normalized spacial score (nSPS) is 13.7. The molecule has 4 rings (SSSR count). The summed E-state index contributed by atoms with van der Waals surface area (Å²) in [4.78, 5) is 28.6. The largest absolute Gasteiger partial charge is 0.497 e. The number of nitrogens with zero attached hydrogens (tertiary/aromatic N) is 2. The molecule has 39 heavy (non-hydrogen) atoms. The van der Waals surface area contributed by atoms with Crippen LogP contribution in [-0.4, -0.2) is 59.0 Å². The Morgan fingerprint density at radius 2 is 1.54 bits per heavy atom. The van der Waals surface area contributed by atoms with Gasteiger partial charge in [0.2, 0.25) is 5.91 Å². The summed E-state index contributed by atoms with van der Waals surface area (Å²) in [5.74, 6) is -0.0710. The highest BCUT2D eigenvalue weighted by atomic mass is 32.2. The molecule has 0 radical (unpaired) electrons. The molecule has 1 aliphatic rings. The average Bonchev–Trinajstić information content (AvgIpc) is 3.26. The highest BCUT2D eigenvalue weighted by Crippen LogP contribution is 2.35. The maximum Gasteiger partial charge on any atom is 0.264 e. The van der Waals surface area contributed by atoms with E-state index in [1.807, 2.05) is 4.90 Å². The summed E-state index contributed by atoms with van der Waals surface area (Å²) in [6.07, 6.45) is 4.05. The molecule has 1 fully saturated rings. The zero-order chi connectivity index (χ0) is 27.8. The molecular formula is C29H33N3O6S. The molecule has 0 saturated carbocycles. The van der Waals surface area contributed by atoms with Gasteiger partial charge in [-0.1, -0.05) is 43.2 Å². The first-order chi connectivity index (χ1) is 18.8. The molecule has 3 aromatic carbocycles. The second kappa shape index (κ2) is 12.7. The number of ether oxygens (including phenoxy) is 2. The molecular weight excluding hydrogens is 518 g/mol. The van der Waals surface area contributed by atoms with Gasteiger partial charge in [0.05, 0.1) is 36.1 Å². The minimum Gasteiger partial charge on any atom is -0.497 e. The molecule has 0 aliphatic carbocycles. The lowest BCUT2D eigenvalue weighted by atomic mass is 10.1. The van der Waals surface area contributed by atoms with Crippen molar-refractivity contribution in [3.05, 3.63) is 78.4 Å². The molecule has 0 spiro atoms. The molecule has 0 bridgehead atoms. The number of benzene rings is 3. The van der Waals surface area contributed by atoms with E-state index >= 15 is 0 Å². The fourth-order valence-corrected chi connectivity index (χ4v) is 6.01. The van der Waals surface area contributed by atoms with Crippen molar-refractivity contribution < 1.29 is 27.5 Å². The number of methoxy groups -OCH3 is 2. The summed E-state index contributed by atoms with van der Waals surface area (Å²) < 4.78 is 39.2. The molecule has 0 unspecified atom stereocenters. The van der Waals surface area contributed by atoms with Crippen molar-refractivity contribution in [3.8, 4) is 11.5 Å². The number of likely N-dealkylation sites (tertiary alicyclic amines) is 1. The SMILES string of the molecule is COc1ccc(N(CC(=O)Nc2ccccc2C(=O)N2CCCCCC2)S(=O)(=O)c2ccccc2)c(OC)c1. The molecule has 1 N–H and O–H groups in total. The highest BCUT2D eigenvalue weighted by molar-refractivity contribution is 7.92. The van der Waals surface area contributed by atoms with E-state index in [1.54, 1.807) is 54.6 Å². The predicted molar refractivity (Wildman–Crippen MR) is 150 cm³/mol. The number of rotatable bonds is 9. The van der Waals surface area contributed by atoms with Gasteiger partial charge in [0.1, 0.15) is 18.0 Å². The van der Waals surface area contributed by atoms with Crippen LogP contribution in [0, 0.1) is 0 Å². The monoisotopic (exact) mass is 551 g/mol. The van der Waals surface area contributed by atoms with Gasteiger partial charge in [-0.05, 0) is 49.2 Å². The number of anilines is 2. The maximum atomic E-state index is 13.8. The van der Waals surface area contributed by atoms with Crippen molar-refractivity contribution in [2.45, 2.75) is 30.6 Å². The van der Waals surface area contributed by atoms with E-state index in [0.29, 0.717) is 30.1 Å². The topological polar surface area (TPSA) is 105 Å². The third-order valence-corrected chi connectivity index (χ3v) is 8.37. The zero-order valence-electron chi connectivity index (χ0n) is 22.1. The molecule has 206 valence electrons. The van der Waals surface area contributed by atoms with E-state index in [2.05, 4.69) is 5.32 Å². The van der Waals surface area contributed by atoms with Crippen molar-refractivity contribution in [2.75, 3.05) is 43.5 Å². The summed E-state index contributed by atoms with van der Waals surface area (Å²) in [6.45, 7) is 0.787. The summed E-state index contributed by atoms with van der Waals surface area (Å²) in [7, 11) is -1.26. The van der Waals surface area contributed by atoms with Gasteiger partial charge in [-0.15, -0.1) is 0 Å². The van der Waals surface area contributed by atoms with E-state index in [4.69, 9.17) is 9.47 Å². The number of hydrogen-bond acceptors (Lipinski definition) is 6. The first-order valence-electron chi connectivity index (χ1n) is 12.8. The molecule has 1 heterocycles. The zero-order valence-corrected chi connectivity index (χ0v) is 22.9. The molecule has 3 aromatic rings. The predicted octanol–water partition coefficient (Wildman–Crippen LogP) is 4.55. The molecule has 1 aliphatic heterocycles. The fourth-order valence-electron chi connectivity index (χ4n) is 4.55. The standard InChI is InChI=1S/C29H33N3O6S/c1-37-22-16-17-26(27(20-22)38-2)32(39(35,36)23-12-6-5-7-13-23)21-28(33)30-25-15-9-8-14-24(25)29(34)31-18-10-3-4-11-19-31/h5-9,12-17,20H,3-4,10-11,18-19,21H2,1-2H3,(H,30,33). The van der Waals surface area contributed by atoms with E-state index in [-0.39, 0.29) is 22.2 Å². The highest BCUT2D eigenvalue weighted by Gasteiger charge is 2.30. The van der Waals surface area contributed by atoms with Crippen molar-refractivity contribution in [2.24, 2.45) is 0 Å². The maximum absolute atomic E-state index is 13.8. The molecule has 2 amide bonds. The molecule has 0 atom stereocenters. The van der Waals surface area contributed by atoms with Crippen LogP contribution < -0.4 is 19.1 Å². The Hall–Kier alpha value is -4.05. The number of sulfonamides is 1. The van der Waals surface area contributed by atoms with Crippen molar-refractivity contribution >= 4 is 33.2 Å². The summed E-state index contributed by atoms with van der Waals surface area (Å²) in [5.41, 5.74) is 0.869. The Labute approximate surface area is 229 Å². The van der Waals surface area contributed by atoms with E-state index in [1.165, 1.54) is 32.4 Å². The molecule has 0 aromatic heterocycles. The van der Waals surface area contributed by atoms with Gasteiger partial charge < -0.3 is 19.7 Å². The summed E-state index contributed by atoms with van der Waals surface area (Å²) in [6, 6.07) is 19.3. The van der Waals surface area contributed by atoms with Crippen LogP contribution in [-0.2, 0) is 14.8 Å². The molecule has 1 saturated heterocycles. The van der Waals surface area contributed by atoms with Gasteiger partial charge in [-0.25, -0.2) is 8.42 Å². The number of hydrogen-bond donors (Lipinski definition) is 1. The number of carbonyl (C=O) groups is 2. The van der Waals surface area contributed by atoms with Gasteiger partial charge in [-0.3, -0.25) is 13.9 Å². The minimum atomic E-state index is -4.16. The van der Waals surface area contributed by atoms with E-state index in [0.717, 1.165) is 30.0 Å². The minimum absolute atomic E-state index is 0.0208. The van der Waals surface area contributed by atoms with E-state index in [9.17, 15) is 18.0 Å². The van der Waals surface area contributed by atoms with Gasteiger partial charge in [-0.2, -0.15) is 0 Å². The van der Waals surface area contributed by atoms with Crippen LogP contribution in [0.4, 0.5) is 11.4 Å². The van der Waals surface area contributed by atoms with Gasteiger partial charge >= 0.3 is 0 Å². The van der Waals surface area contributed by atoms with Crippen molar-refractivity contribution in [1.82, 2.24) is 4.90 Å². The Balaban J connectivity index is 1.65. The van der Waals surface area contributed by atoms with E-state index < -0.39 is 22.5 Å². The number of nitrogens with one attached hydrogen (secondary N) is 1. The van der Waals surface area contributed by atoms with Crippen LogP contribution in [0.1, 0.15) is 36.0 Å². The van der Waals surface area contributed by atoms with Crippen LogP contribution in [0.5, 0.6) is 11.5 Å². The number of para-hydroxylation sites is 1. The fraction of sp³-hybridized carbons (Fsp3) is 0.310. The van der Waals surface area contributed by atoms with Crippen LogP contribution >= 0.6 is 0 Å². The third-order valence-electron chi connectivity index (χ3n) is 6.60. The number of amides is 2. The van der Waals surface area contributed by atoms with Crippen LogP contribution in [0.15, 0.2) is 77.7 Å². The van der Waals surface area contributed by atoms with Crippen LogP contribution in [0.25, 0.3) is 0 Å². The van der Waals surface area contributed by atoms with Crippen molar-refractivity contribution in [3.63, 3.8) is 0 Å². The second-order valence-corrected chi connectivity index (χ2v) is 11.0. The van der Waals surface area contributed by atoms with Crippen molar-refractivity contribution in [1.29, 1.82) is 0 Å². The Bertz CT molecular complexity index is 1400. The first kappa shape index (κ1) is 28.0. The lowest BCUT2D eigenvalue weighted by Crippen LogP contribution is -2.39. The quantitative estimate of drug-likeness (QED) is 0.418. The summed E-state index contributed by atoms with van der Waals surface area (Å²) >= 11 is 0. The third kappa shape index (κ3) is 6.51. The molecule has 9 nitrogen and oxygen atoms in total. The Morgan fingerprint density at radius 3 is 2.21 bits per heavy atom. The average molecular weight is 552 g/mol.